The number of thiazole rings is 1. The summed E-state index contributed by atoms with van der Waals surface area (Å²) in [6.45, 7) is 9.19. The minimum atomic E-state index is -0.312. The molecule has 0 bridgehead atoms. The molecule has 15 heavy (non-hydrogen) atoms. The van der Waals surface area contributed by atoms with Crippen LogP contribution in [-0.4, -0.2) is 22.3 Å². The van der Waals surface area contributed by atoms with Gasteiger partial charge in [-0.2, -0.15) is 0 Å². The van der Waals surface area contributed by atoms with Gasteiger partial charge in [0.05, 0.1) is 6.54 Å². The van der Waals surface area contributed by atoms with Crippen LogP contribution in [-0.2, 0) is 11.3 Å². The molecule has 0 N–H and O–H groups in total. The van der Waals surface area contributed by atoms with E-state index in [1.54, 1.807) is 17.5 Å². The number of hydrogen-bond donors (Lipinski definition) is 0. The van der Waals surface area contributed by atoms with Gasteiger partial charge in [0.1, 0.15) is 5.01 Å². The Labute approximate surface area is 95.1 Å². The van der Waals surface area contributed by atoms with Crippen molar-refractivity contribution in [2.45, 2.75) is 34.2 Å². The molecular weight excluding hydrogens is 208 g/mol. The highest BCUT2D eigenvalue weighted by atomic mass is 32.1. The number of rotatable bonds is 3. The van der Waals surface area contributed by atoms with Crippen molar-refractivity contribution in [3.63, 3.8) is 0 Å². The van der Waals surface area contributed by atoms with Gasteiger partial charge in [0.2, 0.25) is 5.91 Å². The van der Waals surface area contributed by atoms with E-state index in [2.05, 4.69) is 4.98 Å². The third-order valence-electron chi connectivity index (χ3n) is 2.12. The molecule has 0 aliphatic rings. The lowest BCUT2D eigenvalue weighted by Gasteiger charge is -2.27. The van der Waals surface area contributed by atoms with E-state index in [4.69, 9.17) is 0 Å². The van der Waals surface area contributed by atoms with Gasteiger partial charge in [-0.1, -0.05) is 20.8 Å². The monoisotopic (exact) mass is 226 g/mol. The maximum atomic E-state index is 12.0. The summed E-state index contributed by atoms with van der Waals surface area (Å²) in [6, 6.07) is 0. The average Bonchev–Trinajstić information content (AvgIpc) is 2.64. The van der Waals surface area contributed by atoms with Gasteiger partial charge in [-0.25, -0.2) is 4.98 Å². The first-order valence-corrected chi connectivity index (χ1v) is 6.01. The Hall–Kier alpha value is -0.900. The number of nitrogens with zero attached hydrogens (tertiary/aromatic N) is 2. The van der Waals surface area contributed by atoms with Crippen LogP contribution in [0.2, 0.25) is 0 Å². The van der Waals surface area contributed by atoms with Crippen molar-refractivity contribution in [1.82, 2.24) is 9.88 Å². The lowest BCUT2D eigenvalue weighted by atomic mass is 9.95. The zero-order valence-corrected chi connectivity index (χ0v) is 10.6. The summed E-state index contributed by atoms with van der Waals surface area (Å²) in [4.78, 5) is 18.1. The molecule has 0 radical (unpaired) electrons. The highest BCUT2D eigenvalue weighted by Gasteiger charge is 2.26. The first-order valence-electron chi connectivity index (χ1n) is 5.13. The molecule has 3 nitrogen and oxygen atoms in total. The molecule has 1 amide bonds. The van der Waals surface area contributed by atoms with Crippen LogP contribution in [0.25, 0.3) is 0 Å². The van der Waals surface area contributed by atoms with Crippen LogP contribution < -0.4 is 0 Å². The van der Waals surface area contributed by atoms with Crippen LogP contribution in [0.15, 0.2) is 11.6 Å². The summed E-state index contributed by atoms with van der Waals surface area (Å²) < 4.78 is 0. The molecule has 0 aliphatic carbocycles. The molecule has 0 fully saturated rings. The van der Waals surface area contributed by atoms with Crippen molar-refractivity contribution in [3.05, 3.63) is 16.6 Å². The standard InChI is InChI=1S/C11H18N2OS/c1-5-13(10(14)11(2,3)4)8-9-12-6-7-15-9/h6-7H,5,8H2,1-4H3. The molecule has 1 rings (SSSR count). The van der Waals surface area contributed by atoms with Crippen LogP contribution >= 0.6 is 11.3 Å². The molecule has 1 heterocycles. The topological polar surface area (TPSA) is 33.2 Å². The summed E-state index contributed by atoms with van der Waals surface area (Å²) in [6.07, 6.45) is 1.77. The fraction of sp³-hybridized carbons (Fsp3) is 0.636. The first kappa shape index (κ1) is 12.2. The van der Waals surface area contributed by atoms with Crippen molar-refractivity contribution in [2.75, 3.05) is 6.54 Å². The van der Waals surface area contributed by atoms with Crippen molar-refractivity contribution < 1.29 is 4.79 Å². The van der Waals surface area contributed by atoms with Gasteiger partial charge in [0.15, 0.2) is 0 Å². The second-order valence-electron chi connectivity index (χ2n) is 4.50. The third kappa shape index (κ3) is 3.30. The zero-order valence-electron chi connectivity index (χ0n) is 9.78. The Bertz CT molecular complexity index is 314. The van der Waals surface area contributed by atoms with Gasteiger partial charge >= 0.3 is 0 Å². The van der Waals surface area contributed by atoms with E-state index in [0.717, 1.165) is 11.6 Å². The van der Waals surface area contributed by atoms with E-state index in [0.29, 0.717) is 6.54 Å². The van der Waals surface area contributed by atoms with Gasteiger partial charge in [0.25, 0.3) is 0 Å². The number of carbonyl (C=O) groups excluding carboxylic acids is 1. The van der Waals surface area contributed by atoms with E-state index >= 15 is 0 Å². The molecule has 0 atom stereocenters. The van der Waals surface area contributed by atoms with Gasteiger partial charge < -0.3 is 4.90 Å². The first-order chi connectivity index (χ1) is 6.95. The molecule has 0 spiro atoms. The predicted molar refractivity (Wildman–Crippen MR) is 62.7 cm³/mol. The maximum absolute atomic E-state index is 12.0. The summed E-state index contributed by atoms with van der Waals surface area (Å²) in [5.41, 5.74) is -0.312. The van der Waals surface area contributed by atoms with Crippen LogP contribution in [0.5, 0.6) is 0 Å². The molecule has 0 aliphatic heterocycles. The van der Waals surface area contributed by atoms with E-state index in [9.17, 15) is 4.79 Å². The Morgan fingerprint density at radius 2 is 2.20 bits per heavy atom. The van der Waals surface area contributed by atoms with Crippen LogP contribution in [0.1, 0.15) is 32.7 Å². The molecule has 0 saturated carbocycles. The van der Waals surface area contributed by atoms with Gasteiger partial charge in [-0.3, -0.25) is 4.79 Å². The fourth-order valence-electron chi connectivity index (χ4n) is 1.30. The fourth-order valence-corrected chi connectivity index (χ4v) is 1.93. The van der Waals surface area contributed by atoms with Gasteiger partial charge in [0, 0.05) is 23.5 Å². The molecule has 1 aromatic heterocycles. The molecule has 4 heteroatoms. The third-order valence-corrected chi connectivity index (χ3v) is 2.88. The minimum Gasteiger partial charge on any atom is -0.336 e. The largest absolute Gasteiger partial charge is 0.336 e. The van der Waals surface area contributed by atoms with Crippen molar-refractivity contribution in [3.8, 4) is 0 Å². The Kier molecular flexibility index (Phi) is 3.85. The Morgan fingerprint density at radius 3 is 2.60 bits per heavy atom. The highest BCUT2D eigenvalue weighted by Crippen LogP contribution is 2.19. The molecule has 0 saturated heterocycles. The van der Waals surface area contributed by atoms with E-state index in [-0.39, 0.29) is 11.3 Å². The van der Waals surface area contributed by atoms with Crippen molar-refractivity contribution >= 4 is 17.2 Å². The second kappa shape index (κ2) is 4.75. The summed E-state index contributed by atoms with van der Waals surface area (Å²) in [7, 11) is 0. The highest BCUT2D eigenvalue weighted by molar-refractivity contribution is 7.09. The molecular formula is C11H18N2OS. The smallest absolute Gasteiger partial charge is 0.228 e. The molecule has 1 aromatic rings. The number of hydrogen-bond acceptors (Lipinski definition) is 3. The lowest BCUT2D eigenvalue weighted by molar-refractivity contribution is -0.139. The number of carbonyl (C=O) groups is 1. The van der Waals surface area contributed by atoms with Crippen molar-refractivity contribution in [1.29, 1.82) is 0 Å². The Balaban J connectivity index is 2.69. The van der Waals surface area contributed by atoms with Crippen LogP contribution in [0.3, 0.4) is 0 Å². The van der Waals surface area contributed by atoms with Gasteiger partial charge in [-0.15, -0.1) is 11.3 Å². The summed E-state index contributed by atoms with van der Waals surface area (Å²) in [5.74, 6) is 0.181. The number of amides is 1. The summed E-state index contributed by atoms with van der Waals surface area (Å²) in [5, 5.41) is 2.93. The van der Waals surface area contributed by atoms with Crippen molar-refractivity contribution in [2.24, 2.45) is 5.41 Å². The van der Waals surface area contributed by atoms with E-state index in [1.807, 2.05) is 38.0 Å². The van der Waals surface area contributed by atoms with Gasteiger partial charge in [-0.05, 0) is 6.92 Å². The maximum Gasteiger partial charge on any atom is 0.228 e. The Morgan fingerprint density at radius 1 is 1.53 bits per heavy atom. The molecule has 0 aromatic carbocycles. The van der Waals surface area contributed by atoms with Crippen LogP contribution in [0.4, 0.5) is 0 Å². The molecule has 84 valence electrons. The minimum absolute atomic E-state index is 0.181. The molecule has 0 unspecified atom stereocenters. The zero-order chi connectivity index (χ0) is 11.5. The number of aromatic nitrogens is 1. The second-order valence-corrected chi connectivity index (χ2v) is 5.47. The van der Waals surface area contributed by atoms with E-state index in [1.165, 1.54) is 0 Å². The quantitative estimate of drug-likeness (QED) is 0.793. The normalized spacial score (nSPS) is 11.5. The average molecular weight is 226 g/mol. The lowest BCUT2D eigenvalue weighted by Crippen LogP contribution is -2.38. The van der Waals surface area contributed by atoms with E-state index < -0.39 is 0 Å². The summed E-state index contributed by atoms with van der Waals surface area (Å²) >= 11 is 1.59. The SMILES string of the molecule is CCN(Cc1nccs1)C(=O)C(C)(C)C. The predicted octanol–water partition coefficient (Wildman–Crippen LogP) is 2.54. The van der Waals surface area contributed by atoms with Crippen LogP contribution in [0, 0.1) is 5.41 Å².